The number of aryl methyl sites for hydroxylation is 1. The molecule has 4 nitrogen and oxygen atoms in total. The standard InChI is InChI=1S/C13H16ClN3O/c1-9-5-3-6-10(14)12(9)16-13(18)15-11-7-4-8-17(11)2/h3,5-6H,4,7-8H2,1-2H3,(H,16,18)/b15-11+. The van der Waals surface area contributed by atoms with Gasteiger partial charge in [-0.2, -0.15) is 4.99 Å². The summed E-state index contributed by atoms with van der Waals surface area (Å²) in [6.07, 6.45) is 1.90. The van der Waals surface area contributed by atoms with Gasteiger partial charge in [-0.05, 0) is 25.0 Å². The first-order valence-corrected chi connectivity index (χ1v) is 6.30. The van der Waals surface area contributed by atoms with Crippen LogP contribution in [-0.2, 0) is 0 Å². The number of nitrogens with zero attached hydrogens (tertiary/aromatic N) is 2. The van der Waals surface area contributed by atoms with Crippen LogP contribution in [0.4, 0.5) is 10.5 Å². The molecule has 1 saturated heterocycles. The van der Waals surface area contributed by atoms with Gasteiger partial charge in [0.2, 0.25) is 0 Å². The van der Waals surface area contributed by atoms with Crippen molar-refractivity contribution in [2.24, 2.45) is 4.99 Å². The van der Waals surface area contributed by atoms with Crippen molar-refractivity contribution in [3.05, 3.63) is 28.8 Å². The Kier molecular flexibility index (Phi) is 3.87. The lowest BCUT2D eigenvalue weighted by molar-refractivity contribution is 0.259. The van der Waals surface area contributed by atoms with Crippen LogP contribution in [0, 0.1) is 6.92 Å². The second-order valence-electron chi connectivity index (χ2n) is 4.42. The molecule has 96 valence electrons. The third kappa shape index (κ3) is 2.82. The summed E-state index contributed by atoms with van der Waals surface area (Å²) in [6, 6.07) is 5.13. The van der Waals surface area contributed by atoms with E-state index in [2.05, 4.69) is 10.3 Å². The van der Waals surface area contributed by atoms with Crippen LogP contribution in [0.3, 0.4) is 0 Å². The highest BCUT2D eigenvalue weighted by atomic mass is 35.5. The lowest BCUT2D eigenvalue weighted by Gasteiger charge is -2.12. The van der Waals surface area contributed by atoms with E-state index >= 15 is 0 Å². The second-order valence-corrected chi connectivity index (χ2v) is 4.82. The van der Waals surface area contributed by atoms with Crippen molar-refractivity contribution < 1.29 is 4.79 Å². The minimum absolute atomic E-state index is 0.366. The number of anilines is 1. The van der Waals surface area contributed by atoms with Gasteiger partial charge in [-0.3, -0.25) is 0 Å². The molecule has 2 amide bonds. The van der Waals surface area contributed by atoms with Crippen LogP contribution in [0.25, 0.3) is 0 Å². The van der Waals surface area contributed by atoms with Gasteiger partial charge < -0.3 is 10.2 Å². The van der Waals surface area contributed by atoms with Crippen molar-refractivity contribution >= 4 is 29.2 Å². The molecule has 2 rings (SSSR count). The highest BCUT2D eigenvalue weighted by Gasteiger charge is 2.16. The molecule has 1 aromatic carbocycles. The molecule has 0 atom stereocenters. The number of rotatable bonds is 1. The minimum Gasteiger partial charge on any atom is -0.363 e. The van der Waals surface area contributed by atoms with E-state index in [0.29, 0.717) is 10.7 Å². The molecule has 1 N–H and O–H groups in total. The predicted molar refractivity (Wildman–Crippen MR) is 74.5 cm³/mol. The Morgan fingerprint density at radius 2 is 2.28 bits per heavy atom. The molecule has 0 unspecified atom stereocenters. The van der Waals surface area contributed by atoms with Crippen LogP contribution >= 0.6 is 11.6 Å². The summed E-state index contributed by atoms with van der Waals surface area (Å²) in [4.78, 5) is 17.9. The number of urea groups is 1. The molecule has 0 radical (unpaired) electrons. The molecule has 1 aliphatic heterocycles. The van der Waals surface area contributed by atoms with Crippen LogP contribution < -0.4 is 5.32 Å². The second kappa shape index (κ2) is 5.40. The fraction of sp³-hybridized carbons (Fsp3) is 0.385. The van der Waals surface area contributed by atoms with Gasteiger partial charge >= 0.3 is 6.03 Å². The highest BCUT2D eigenvalue weighted by molar-refractivity contribution is 6.34. The normalized spacial score (nSPS) is 17.3. The molecule has 0 aromatic heterocycles. The maximum Gasteiger partial charge on any atom is 0.347 e. The summed E-state index contributed by atoms with van der Waals surface area (Å²) in [5.74, 6) is 0.831. The Bertz CT molecular complexity index is 479. The molecule has 1 fully saturated rings. The molecule has 5 heteroatoms. The smallest absolute Gasteiger partial charge is 0.347 e. The average molecular weight is 266 g/mol. The van der Waals surface area contributed by atoms with E-state index in [-0.39, 0.29) is 6.03 Å². The first-order valence-electron chi connectivity index (χ1n) is 5.92. The van der Waals surface area contributed by atoms with E-state index in [1.54, 1.807) is 6.07 Å². The Labute approximate surface area is 112 Å². The zero-order valence-electron chi connectivity index (χ0n) is 10.5. The maximum absolute atomic E-state index is 11.8. The largest absolute Gasteiger partial charge is 0.363 e. The maximum atomic E-state index is 11.8. The topological polar surface area (TPSA) is 44.7 Å². The fourth-order valence-corrected chi connectivity index (χ4v) is 2.25. The van der Waals surface area contributed by atoms with Gasteiger partial charge in [0.05, 0.1) is 10.7 Å². The van der Waals surface area contributed by atoms with Crippen LogP contribution in [0.1, 0.15) is 18.4 Å². The summed E-state index contributed by atoms with van der Waals surface area (Å²) in [6.45, 7) is 2.85. The Morgan fingerprint density at radius 1 is 1.50 bits per heavy atom. The van der Waals surface area contributed by atoms with E-state index in [0.717, 1.165) is 30.8 Å². The Hall–Kier alpha value is -1.55. The van der Waals surface area contributed by atoms with Crippen molar-refractivity contribution in [1.82, 2.24) is 4.90 Å². The van der Waals surface area contributed by atoms with Crippen LogP contribution in [0.15, 0.2) is 23.2 Å². The molecular formula is C13H16ClN3O. The van der Waals surface area contributed by atoms with Crippen LogP contribution in [0.5, 0.6) is 0 Å². The zero-order chi connectivity index (χ0) is 13.1. The first kappa shape index (κ1) is 12.9. The molecule has 18 heavy (non-hydrogen) atoms. The SMILES string of the molecule is Cc1cccc(Cl)c1NC(=O)/N=C1\CCCN1C. The molecule has 1 aliphatic rings. The molecule has 0 spiro atoms. The van der Waals surface area contributed by atoms with Crippen molar-refractivity contribution in [1.29, 1.82) is 0 Å². The van der Waals surface area contributed by atoms with Crippen molar-refractivity contribution in [3.8, 4) is 0 Å². The Morgan fingerprint density at radius 3 is 2.89 bits per heavy atom. The number of amides is 2. The summed E-state index contributed by atoms with van der Waals surface area (Å²) in [5, 5.41) is 3.27. The van der Waals surface area contributed by atoms with Gasteiger partial charge in [-0.15, -0.1) is 0 Å². The van der Waals surface area contributed by atoms with Gasteiger partial charge in [-0.25, -0.2) is 4.79 Å². The molecular weight excluding hydrogens is 250 g/mol. The first-order chi connectivity index (χ1) is 8.58. The third-order valence-electron chi connectivity index (χ3n) is 3.02. The van der Waals surface area contributed by atoms with E-state index in [9.17, 15) is 4.79 Å². The number of hydrogen-bond donors (Lipinski definition) is 1. The van der Waals surface area contributed by atoms with Crippen LogP contribution in [-0.4, -0.2) is 30.4 Å². The van der Waals surface area contributed by atoms with E-state index in [1.807, 2.05) is 31.0 Å². The fourth-order valence-electron chi connectivity index (χ4n) is 1.98. The molecule has 1 heterocycles. The molecule has 1 aromatic rings. The van der Waals surface area contributed by atoms with Gasteiger partial charge in [0.15, 0.2) is 0 Å². The lowest BCUT2D eigenvalue weighted by Crippen LogP contribution is -2.21. The number of carbonyl (C=O) groups is 1. The van der Waals surface area contributed by atoms with Gasteiger partial charge in [0.25, 0.3) is 0 Å². The van der Waals surface area contributed by atoms with E-state index in [1.165, 1.54) is 0 Å². The van der Waals surface area contributed by atoms with Crippen molar-refractivity contribution in [2.45, 2.75) is 19.8 Å². The molecule has 0 aliphatic carbocycles. The third-order valence-corrected chi connectivity index (χ3v) is 3.33. The number of hydrogen-bond acceptors (Lipinski definition) is 1. The number of nitrogens with one attached hydrogen (secondary N) is 1. The lowest BCUT2D eigenvalue weighted by atomic mass is 10.2. The number of amidine groups is 1. The molecule has 0 bridgehead atoms. The van der Waals surface area contributed by atoms with E-state index in [4.69, 9.17) is 11.6 Å². The number of likely N-dealkylation sites (tertiary alicyclic amines) is 1. The number of para-hydroxylation sites is 1. The molecule has 0 saturated carbocycles. The number of halogens is 1. The van der Waals surface area contributed by atoms with Gasteiger partial charge in [-0.1, -0.05) is 23.7 Å². The van der Waals surface area contributed by atoms with Crippen molar-refractivity contribution in [2.75, 3.05) is 18.9 Å². The van der Waals surface area contributed by atoms with Crippen molar-refractivity contribution in [3.63, 3.8) is 0 Å². The number of benzene rings is 1. The van der Waals surface area contributed by atoms with Gasteiger partial charge in [0, 0.05) is 20.0 Å². The summed E-state index contributed by atoms with van der Waals surface area (Å²) in [7, 11) is 1.94. The van der Waals surface area contributed by atoms with Gasteiger partial charge in [0.1, 0.15) is 5.84 Å². The quantitative estimate of drug-likeness (QED) is 0.847. The zero-order valence-corrected chi connectivity index (χ0v) is 11.3. The summed E-state index contributed by atoms with van der Waals surface area (Å²) < 4.78 is 0. The predicted octanol–water partition coefficient (Wildman–Crippen LogP) is 3.30. The average Bonchev–Trinajstić information content (AvgIpc) is 2.70. The summed E-state index contributed by atoms with van der Waals surface area (Å²) >= 11 is 6.05. The number of carbonyl (C=O) groups excluding carboxylic acids is 1. The number of aliphatic imine (C=N–C) groups is 1. The van der Waals surface area contributed by atoms with E-state index < -0.39 is 0 Å². The summed E-state index contributed by atoms with van der Waals surface area (Å²) in [5.41, 5.74) is 1.56. The minimum atomic E-state index is -0.366. The highest BCUT2D eigenvalue weighted by Crippen LogP contribution is 2.25. The Balaban J connectivity index is 2.12. The van der Waals surface area contributed by atoms with Crippen LogP contribution in [0.2, 0.25) is 5.02 Å². The monoisotopic (exact) mass is 265 g/mol.